The quantitative estimate of drug-likeness (QED) is 0.160. The first-order valence-corrected chi connectivity index (χ1v) is 22.3. The van der Waals surface area contributed by atoms with Crippen molar-refractivity contribution in [3.63, 3.8) is 0 Å². The summed E-state index contributed by atoms with van der Waals surface area (Å²) in [5.41, 5.74) is 15.4. The van der Waals surface area contributed by atoms with E-state index in [1.807, 2.05) is 12.1 Å². The molecule has 0 radical (unpaired) electrons. The monoisotopic (exact) mass is 828 g/mol. The molecule has 0 aliphatic rings. The highest BCUT2D eigenvalue weighted by atomic mass is 16.3. The zero-order valence-corrected chi connectivity index (χ0v) is 35.4. The number of rotatable bonds is 7. The molecule has 0 fully saturated rings. The summed E-state index contributed by atoms with van der Waals surface area (Å²) in [5, 5.41) is 9.70. The van der Waals surface area contributed by atoms with Crippen molar-refractivity contribution in [1.82, 2.24) is 4.57 Å². The van der Waals surface area contributed by atoms with Crippen LogP contribution in [0, 0.1) is 0 Å². The smallest absolute Gasteiger partial charge is 0.143 e. The number of anilines is 3. The topological polar surface area (TPSA) is 21.3 Å². The van der Waals surface area contributed by atoms with Gasteiger partial charge in [-0.3, -0.25) is 0 Å². The lowest BCUT2D eigenvalue weighted by Gasteiger charge is -2.28. The van der Waals surface area contributed by atoms with E-state index >= 15 is 0 Å². The summed E-state index contributed by atoms with van der Waals surface area (Å²) in [4.78, 5) is 2.40. The van der Waals surface area contributed by atoms with Crippen molar-refractivity contribution in [2.24, 2.45) is 0 Å². The molecule has 2 aromatic heterocycles. The zero-order valence-electron chi connectivity index (χ0n) is 35.4. The summed E-state index contributed by atoms with van der Waals surface area (Å²) >= 11 is 0. The maximum Gasteiger partial charge on any atom is 0.143 e. The average Bonchev–Trinajstić information content (AvgIpc) is 3.93. The third kappa shape index (κ3) is 5.97. The van der Waals surface area contributed by atoms with Gasteiger partial charge < -0.3 is 13.9 Å². The van der Waals surface area contributed by atoms with Crippen LogP contribution in [0.15, 0.2) is 247 Å². The van der Waals surface area contributed by atoms with E-state index < -0.39 is 0 Å². The minimum atomic E-state index is 0.899. The number of hydrogen-bond donors (Lipinski definition) is 0. The molecule has 0 atom stereocenters. The van der Waals surface area contributed by atoms with Crippen molar-refractivity contribution in [2.45, 2.75) is 0 Å². The van der Waals surface area contributed by atoms with Gasteiger partial charge in [-0.2, -0.15) is 0 Å². The van der Waals surface area contributed by atoms with E-state index in [2.05, 4.69) is 240 Å². The van der Waals surface area contributed by atoms with Crippen LogP contribution in [0.3, 0.4) is 0 Å². The van der Waals surface area contributed by atoms with Gasteiger partial charge in [-0.15, -0.1) is 0 Å². The lowest BCUT2D eigenvalue weighted by molar-refractivity contribution is 0.670. The van der Waals surface area contributed by atoms with E-state index in [0.29, 0.717) is 0 Å². The first-order valence-electron chi connectivity index (χ1n) is 22.3. The van der Waals surface area contributed by atoms with E-state index in [1.165, 1.54) is 54.6 Å². The third-order valence-electron chi connectivity index (χ3n) is 13.2. The van der Waals surface area contributed by atoms with Gasteiger partial charge in [-0.05, 0) is 104 Å². The second-order valence-corrected chi connectivity index (χ2v) is 16.8. The number of nitrogens with zero attached hydrogens (tertiary/aromatic N) is 2. The highest BCUT2D eigenvalue weighted by Crippen LogP contribution is 2.46. The van der Waals surface area contributed by atoms with Crippen LogP contribution in [0.25, 0.3) is 104 Å². The maximum absolute atomic E-state index is 6.49. The molecule has 65 heavy (non-hydrogen) atoms. The highest BCUT2D eigenvalue weighted by molar-refractivity contribution is 6.26. The normalized spacial score (nSPS) is 11.7. The molecule has 13 rings (SSSR count). The van der Waals surface area contributed by atoms with E-state index in [-0.39, 0.29) is 0 Å². The first-order chi connectivity index (χ1) is 32.3. The SMILES string of the molecule is c1ccc(-c2ccc(N(c3ccc(-c4cccc5c4oc4ccccc45)cc3)c3ccccc3-n3c4ccccc4c4c5c(-c6cccc7ccccc67)cccc5ccc43)cc2)cc1. The Morgan fingerprint density at radius 2 is 0.908 bits per heavy atom. The van der Waals surface area contributed by atoms with Gasteiger partial charge in [-0.1, -0.05) is 188 Å². The molecule has 2 heterocycles. The Kier molecular flexibility index (Phi) is 8.53. The molecule has 0 aliphatic carbocycles. The molecule has 11 aromatic carbocycles. The second-order valence-electron chi connectivity index (χ2n) is 16.8. The van der Waals surface area contributed by atoms with Crippen molar-refractivity contribution in [1.29, 1.82) is 0 Å². The van der Waals surface area contributed by atoms with Gasteiger partial charge in [0.05, 0.1) is 22.4 Å². The Bertz CT molecular complexity index is 3930. The van der Waals surface area contributed by atoms with Gasteiger partial charge in [0.15, 0.2) is 0 Å². The fourth-order valence-corrected chi connectivity index (χ4v) is 10.2. The maximum atomic E-state index is 6.49. The van der Waals surface area contributed by atoms with Crippen molar-refractivity contribution < 1.29 is 4.42 Å². The first kappa shape index (κ1) is 36.9. The molecule has 0 spiro atoms. The Morgan fingerprint density at radius 1 is 0.323 bits per heavy atom. The Morgan fingerprint density at radius 3 is 1.74 bits per heavy atom. The van der Waals surface area contributed by atoms with Gasteiger partial charge in [0, 0.05) is 38.5 Å². The summed E-state index contributed by atoms with van der Waals surface area (Å²) in [7, 11) is 0. The molecule has 0 saturated heterocycles. The fraction of sp³-hybridized carbons (Fsp3) is 0. The zero-order chi connectivity index (χ0) is 42.8. The molecule has 0 N–H and O–H groups in total. The van der Waals surface area contributed by atoms with Gasteiger partial charge in [0.1, 0.15) is 11.2 Å². The summed E-state index contributed by atoms with van der Waals surface area (Å²) in [5.74, 6) is 0. The highest BCUT2D eigenvalue weighted by Gasteiger charge is 2.23. The largest absolute Gasteiger partial charge is 0.455 e. The molecule has 13 aromatic rings. The van der Waals surface area contributed by atoms with Crippen LogP contribution in [0.4, 0.5) is 17.1 Å². The Labute approximate surface area is 376 Å². The van der Waals surface area contributed by atoms with Gasteiger partial charge >= 0.3 is 0 Å². The Balaban J connectivity index is 1.02. The van der Waals surface area contributed by atoms with Crippen molar-refractivity contribution >= 4 is 82.4 Å². The molecule has 3 heteroatoms. The van der Waals surface area contributed by atoms with E-state index in [0.717, 1.165) is 66.8 Å². The molecule has 0 saturated carbocycles. The van der Waals surface area contributed by atoms with E-state index in [4.69, 9.17) is 4.42 Å². The molecule has 304 valence electrons. The lowest BCUT2D eigenvalue weighted by Crippen LogP contribution is -2.13. The molecular weight excluding hydrogens is 789 g/mol. The van der Waals surface area contributed by atoms with Crippen LogP contribution in [0.1, 0.15) is 0 Å². The number of furan rings is 1. The van der Waals surface area contributed by atoms with E-state index in [1.54, 1.807) is 0 Å². The molecule has 0 bridgehead atoms. The van der Waals surface area contributed by atoms with Crippen LogP contribution in [-0.4, -0.2) is 4.57 Å². The van der Waals surface area contributed by atoms with Crippen LogP contribution in [-0.2, 0) is 0 Å². The van der Waals surface area contributed by atoms with Crippen LogP contribution in [0.5, 0.6) is 0 Å². The minimum absolute atomic E-state index is 0.899. The van der Waals surface area contributed by atoms with Crippen LogP contribution < -0.4 is 4.90 Å². The molecule has 0 unspecified atom stereocenters. The van der Waals surface area contributed by atoms with Crippen LogP contribution >= 0.6 is 0 Å². The Hall–Kier alpha value is -8.66. The number of aromatic nitrogens is 1. The van der Waals surface area contributed by atoms with Crippen molar-refractivity contribution in [3.05, 3.63) is 243 Å². The number of hydrogen-bond acceptors (Lipinski definition) is 2. The average molecular weight is 829 g/mol. The number of para-hydroxylation sites is 5. The third-order valence-corrected chi connectivity index (χ3v) is 13.2. The predicted molar refractivity (Wildman–Crippen MR) is 274 cm³/mol. The molecule has 3 nitrogen and oxygen atoms in total. The standard InChI is InChI=1S/C62H40N2O/c1-2-15-41(16-3-1)42-31-36-46(37-32-42)63(47-38-33-44(34-39-47)49-23-14-26-53-51-21-7-11-30-59(51)65-62(49)53)56-28-9-10-29-57(56)64-55-27-8-6-22-54(55)61-58(64)40-35-45-19-13-25-52(60(45)61)50-24-12-18-43-17-4-5-20-48(43)50/h1-40H. The van der Waals surface area contributed by atoms with Crippen molar-refractivity contribution in [2.75, 3.05) is 4.90 Å². The van der Waals surface area contributed by atoms with Gasteiger partial charge in [0.2, 0.25) is 0 Å². The van der Waals surface area contributed by atoms with E-state index in [9.17, 15) is 0 Å². The van der Waals surface area contributed by atoms with Gasteiger partial charge in [0.25, 0.3) is 0 Å². The predicted octanol–water partition coefficient (Wildman–Crippen LogP) is 17.5. The number of benzene rings is 11. The summed E-state index contributed by atoms with van der Waals surface area (Å²) < 4.78 is 8.97. The van der Waals surface area contributed by atoms with Gasteiger partial charge in [-0.25, -0.2) is 0 Å². The minimum Gasteiger partial charge on any atom is -0.455 e. The molecular formula is C62H40N2O. The summed E-state index contributed by atoms with van der Waals surface area (Å²) in [6.45, 7) is 0. The fourth-order valence-electron chi connectivity index (χ4n) is 10.2. The van der Waals surface area contributed by atoms with Crippen LogP contribution in [0.2, 0.25) is 0 Å². The van der Waals surface area contributed by atoms with Crippen molar-refractivity contribution in [3.8, 4) is 39.1 Å². The number of fused-ring (bicyclic) bond motifs is 9. The second kappa shape index (κ2) is 15.0. The lowest BCUT2D eigenvalue weighted by atomic mass is 9.92. The molecule has 0 amide bonds. The molecule has 0 aliphatic heterocycles. The summed E-state index contributed by atoms with van der Waals surface area (Å²) in [6.07, 6.45) is 0. The summed E-state index contributed by atoms with van der Waals surface area (Å²) in [6, 6.07) is 87.7.